The number of phenolic OH excluding ortho intramolecular Hbond substituents is 1. The zero-order chi connectivity index (χ0) is 15.5. The second-order valence-corrected chi connectivity index (χ2v) is 4.93. The molecule has 2 aromatic rings. The summed E-state index contributed by atoms with van der Waals surface area (Å²) in [5.41, 5.74) is 0.747. The van der Waals surface area contributed by atoms with Crippen LogP contribution in [0.15, 0.2) is 36.5 Å². The number of rotatable bonds is 4. The lowest BCUT2D eigenvalue weighted by Crippen LogP contribution is -2.25. The number of hydrogen-bond donors (Lipinski definition) is 2. The molecule has 1 atom stereocenters. The number of aromatic nitrogens is 2. The molecular formula is C15H16N4O3. The minimum absolute atomic E-state index is 0.179. The molecule has 114 valence electrons. The standard InChI is InChI=1S/C15H16N4O3/c1-10(11-4-2-3-5-12(11)20)17-14-16-7-6-13(18-14)19-8-9-22-15(19)21/h2-7,10,20H,8-9H2,1H3,(H,16,17,18). The molecule has 2 heterocycles. The van der Waals surface area contributed by atoms with E-state index in [1.807, 2.05) is 19.1 Å². The molecule has 0 bridgehead atoms. The molecule has 1 aromatic heterocycles. The van der Waals surface area contributed by atoms with Gasteiger partial charge in [-0.2, -0.15) is 4.98 Å². The summed E-state index contributed by atoms with van der Waals surface area (Å²) in [6.07, 6.45) is 1.17. The van der Waals surface area contributed by atoms with E-state index in [2.05, 4.69) is 15.3 Å². The SMILES string of the molecule is CC(Nc1nccc(N2CCOC2=O)n1)c1ccccc1O. The highest BCUT2D eigenvalue weighted by Crippen LogP contribution is 2.26. The van der Waals surface area contributed by atoms with E-state index < -0.39 is 6.09 Å². The van der Waals surface area contributed by atoms with Crippen LogP contribution in [-0.4, -0.2) is 34.3 Å². The Balaban J connectivity index is 1.78. The Bertz CT molecular complexity index is 692. The third-order valence-corrected chi connectivity index (χ3v) is 3.43. The summed E-state index contributed by atoms with van der Waals surface area (Å²) in [5.74, 6) is 1.08. The normalized spacial score (nSPS) is 15.5. The van der Waals surface area contributed by atoms with Crippen LogP contribution < -0.4 is 10.2 Å². The Labute approximate surface area is 127 Å². The van der Waals surface area contributed by atoms with Crippen LogP contribution in [0.3, 0.4) is 0 Å². The molecule has 1 aliphatic rings. The number of phenols is 1. The molecule has 0 saturated carbocycles. The van der Waals surface area contributed by atoms with Crippen LogP contribution >= 0.6 is 0 Å². The summed E-state index contributed by atoms with van der Waals surface area (Å²) in [4.78, 5) is 21.5. The highest BCUT2D eigenvalue weighted by Gasteiger charge is 2.25. The second kappa shape index (κ2) is 5.88. The van der Waals surface area contributed by atoms with Crippen molar-refractivity contribution >= 4 is 17.9 Å². The topological polar surface area (TPSA) is 87.6 Å². The fourth-order valence-electron chi connectivity index (χ4n) is 2.30. The van der Waals surface area contributed by atoms with Gasteiger partial charge in [0.2, 0.25) is 5.95 Å². The van der Waals surface area contributed by atoms with Crippen molar-refractivity contribution in [3.63, 3.8) is 0 Å². The maximum absolute atomic E-state index is 11.6. The van der Waals surface area contributed by atoms with Crippen LogP contribution in [0, 0.1) is 0 Å². The van der Waals surface area contributed by atoms with Gasteiger partial charge in [0.25, 0.3) is 0 Å². The molecule has 7 heteroatoms. The first kappa shape index (κ1) is 14.1. The Morgan fingerprint density at radius 3 is 2.91 bits per heavy atom. The summed E-state index contributed by atoms with van der Waals surface area (Å²) in [7, 11) is 0. The lowest BCUT2D eigenvalue weighted by molar-refractivity contribution is 0.181. The fraction of sp³-hybridized carbons (Fsp3) is 0.267. The van der Waals surface area contributed by atoms with Crippen LogP contribution in [0.5, 0.6) is 5.75 Å². The summed E-state index contributed by atoms with van der Waals surface area (Å²) in [5, 5.41) is 13.0. The molecule has 1 saturated heterocycles. The molecular weight excluding hydrogens is 284 g/mol. The number of carbonyl (C=O) groups is 1. The van der Waals surface area contributed by atoms with Crippen molar-refractivity contribution < 1.29 is 14.6 Å². The number of benzene rings is 1. The number of aromatic hydroxyl groups is 1. The van der Waals surface area contributed by atoms with Crippen molar-refractivity contribution in [2.45, 2.75) is 13.0 Å². The molecule has 7 nitrogen and oxygen atoms in total. The van der Waals surface area contributed by atoms with Crippen molar-refractivity contribution in [2.75, 3.05) is 23.4 Å². The van der Waals surface area contributed by atoms with Crippen LogP contribution in [0.4, 0.5) is 16.6 Å². The Hall–Kier alpha value is -2.83. The van der Waals surface area contributed by atoms with E-state index in [0.29, 0.717) is 24.9 Å². The van der Waals surface area contributed by atoms with Crippen molar-refractivity contribution in [1.29, 1.82) is 0 Å². The van der Waals surface area contributed by atoms with Crippen molar-refractivity contribution in [3.05, 3.63) is 42.1 Å². The summed E-state index contributed by atoms with van der Waals surface area (Å²) in [6.45, 7) is 2.74. The molecule has 1 fully saturated rings. The molecule has 0 aliphatic carbocycles. The third kappa shape index (κ3) is 2.78. The largest absolute Gasteiger partial charge is 0.508 e. The Kier molecular flexibility index (Phi) is 3.78. The zero-order valence-electron chi connectivity index (χ0n) is 12.1. The molecule has 0 radical (unpaired) electrons. The van der Waals surface area contributed by atoms with E-state index in [0.717, 1.165) is 5.56 Å². The number of amides is 1. The third-order valence-electron chi connectivity index (χ3n) is 3.43. The average Bonchev–Trinajstić information content (AvgIpc) is 2.94. The molecule has 3 rings (SSSR count). The highest BCUT2D eigenvalue weighted by molar-refractivity contribution is 5.88. The smallest absolute Gasteiger partial charge is 0.415 e. The predicted octanol–water partition coefficient (Wildman–Crippen LogP) is 2.31. The average molecular weight is 300 g/mol. The predicted molar refractivity (Wildman–Crippen MR) is 80.9 cm³/mol. The van der Waals surface area contributed by atoms with Crippen LogP contribution in [0.2, 0.25) is 0 Å². The van der Waals surface area contributed by atoms with Crippen LogP contribution in [0.25, 0.3) is 0 Å². The summed E-state index contributed by atoms with van der Waals surface area (Å²) >= 11 is 0. The first-order valence-electron chi connectivity index (χ1n) is 6.97. The lowest BCUT2D eigenvalue weighted by atomic mass is 10.1. The van der Waals surface area contributed by atoms with Crippen molar-refractivity contribution in [1.82, 2.24) is 9.97 Å². The van der Waals surface area contributed by atoms with Gasteiger partial charge in [0.05, 0.1) is 12.6 Å². The Morgan fingerprint density at radius 1 is 1.36 bits per heavy atom. The van der Waals surface area contributed by atoms with Crippen LogP contribution in [0.1, 0.15) is 18.5 Å². The van der Waals surface area contributed by atoms with Gasteiger partial charge in [-0.05, 0) is 19.1 Å². The van der Waals surface area contributed by atoms with Gasteiger partial charge in [0, 0.05) is 11.8 Å². The number of carbonyl (C=O) groups excluding carboxylic acids is 1. The first-order valence-corrected chi connectivity index (χ1v) is 6.97. The van der Waals surface area contributed by atoms with E-state index in [1.54, 1.807) is 24.4 Å². The van der Waals surface area contributed by atoms with E-state index in [9.17, 15) is 9.90 Å². The molecule has 1 aliphatic heterocycles. The second-order valence-electron chi connectivity index (χ2n) is 4.93. The summed E-state index contributed by atoms with van der Waals surface area (Å²) < 4.78 is 4.90. The minimum Gasteiger partial charge on any atom is -0.508 e. The van der Waals surface area contributed by atoms with Crippen molar-refractivity contribution in [3.8, 4) is 5.75 Å². The fourth-order valence-corrected chi connectivity index (χ4v) is 2.30. The maximum Gasteiger partial charge on any atom is 0.415 e. The molecule has 0 spiro atoms. The summed E-state index contributed by atoms with van der Waals surface area (Å²) in [6, 6.07) is 8.55. The molecule has 1 aromatic carbocycles. The number of ether oxygens (including phenoxy) is 1. The lowest BCUT2D eigenvalue weighted by Gasteiger charge is -2.17. The quantitative estimate of drug-likeness (QED) is 0.901. The Morgan fingerprint density at radius 2 is 2.18 bits per heavy atom. The number of nitrogens with zero attached hydrogens (tertiary/aromatic N) is 3. The van der Waals surface area contributed by atoms with Gasteiger partial charge in [-0.25, -0.2) is 9.78 Å². The number of hydrogen-bond acceptors (Lipinski definition) is 6. The van der Waals surface area contributed by atoms with Gasteiger partial charge in [0.15, 0.2) is 0 Å². The van der Waals surface area contributed by atoms with Crippen molar-refractivity contribution in [2.24, 2.45) is 0 Å². The van der Waals surface area contributed by atoms with E-state index in [1.165, 1.54) is 4.90 Å². The van der Waals surface area contributed by atoms with Crippen LogP contribution in [-0.2, 0) is 4.74 Å². The van der Waals surface area contributed by atoms with E-state index >= 15 is 0 Å². The number of nitrogens with one attached hydrogen (secondary N) is 1. The molecule has 1 unspecified atom stereocenters. The molecule has 22 heavy (non-hydrogen) atoms. The molecule has 2 N–H and O–H groups in total. The molecule has 1 amide bonds. The monoisotopic (exact) mass is 300 g/mol. The number of cyclic esters (lactones) is 1. The highest BCUT2D eigenvalue weighted by atomic mass is 16.6. The van der Waals surface area contributed by atoms with Gasteiger partial charge in [0.1, 0.15) is 18.2 Å². The zero-order valence-corrected chi connectivity index (χ0v) is 12.1. The first-order chi connectivity index (χ1) is 10.6. The van der Waals surface area contributed by atoms with Gasteiger partial charge < -0.3 is 15.2 Å². The van der Waals surface area contributed by atoms with E-state index in [4.69, 9.17) is 4.74 Å². The number of para-hydroxylation sites is 1. The van der Waals surface area contributed by atoms with Gasteiger partial charge in [-0.15, -0.1) is 0 Å². The van der Waals surface area contributed by atoms with Gasteiger partial charge in [-0.3, -0.25) is 4.90 Å². The van der Waals surface area contributed by atoms with E-state index in [-0.39, 0.29) is 11.8 Å². The number of anilines is 2. The van der Waals surface area contributed by atoms with Gasteiger partial charge in [-0.1, -0.05) is 18.2 Å². The minimum atomic E-state index is -0.404. The van der Waals surface area contributed by atoms with Gasteiger partial charge >= 0.3 is 6.09 Å². The maximum atomic E-state index is 11.6.